The van der Waals surface area contributed by atoms with E-state index in [0.717, 1.165) is 6.07 Å². The molecule has 1 unspecified atom stereocenters. The molecule has 1 aromatic carbocycles. The van der Waals surface area contributed by atoms with E-state index in [1.54, 1.807) is 0 Å². The van der Waals surface area contributed by atoms with E-state index >= 15 is 0 Å². The second-order valence-electron chi connectivity index (χ2n) is 5.09. The molecule has 114 valence electrons. The van der Waals surface area contributed by atoms with Crippen molar-refractivity contribution in [3.63, 3.8) is 0 Å². The largest absolute Gasteiger partial charge is 0.336 e. The van der Waals surface area contributed by atoms with Gasteiger partial charge in [-0.1, -0.05) is 0 Å². The summed E-state index contributed by atoms with van der Waals surface area (Å²) < 4.78 is 27.8. The van der Waals surface area contributed by atoms with E-state index in [2.05, 4.69) is 0 Å². The summed E-state index contributed by atoms with van der Waals surface area (Å²) in [5, 5.41) is 10.7. The van der Waals surface area contributed by atoms with Crippen molar-refractivity contribution in [2.45, 2.75) is 13.0 Å². The highest BCUT2D eigenvalue weighted by Gasteiger charge is 2.32. The number of hydrogen-bond acceptors (Lipinski definition) is 4. The smallest absolute Gasteiger partial charge is 0.305 e. The first-order chi connectivity index (χ1) is 9.82. The van der Waals surface area contributed by atoms with Crippen LogP contribution in [0.4, 0.5) is 14.5 Å². The Balaban J connectivity index is 2.35. The molecule has 0 radical (unpaired) electrons. The molecule has 8 heteroatoms. The number of likely N-dealkylation sites (N-methyl/N-ethyl adjacent to an activating group) is 1. The van der Waals surface area contributed by atoms with E-state index in [-0.39, 0.29) is 6.04 Å². The molecule has 6 nitrogen and oxygen atoms in total. The Kier molecular flexibility index (Phi) is 4.17. The van der Waals surface area contributed by atoms with Crippen LogP contribution in [0.5, 0.6) is 0 Å². The molecule has 0 N–H and O–H groups in total. The van der Waals surface area contributed by atoms with Crippen molar-refractivity contribution < 1.29 is 18.5 Å². The maximum absolute atomic E-state index is 14.0. The predicted octanol–water partition coefficient (Wildman–Crippen LogP) is 1.65. The summed E-state index contributed by atoms with van der Waals surface area (Å²) in [6, 6.07) is 1.51. The zero-order valence-corrected chi connectivity index (χ0v) is 11.7. The van der Waals surface area contributed by atoms with Crippen LogP contribution in [0.2, 0.25) is 0 Å². The van der Waals surface area contributed by atoms with Gasteiger partial charge in [0.2, 0.25) is 5.82 Å². The van der Waals surface area contributed by atoms with Gasteiger partial charge in [-0.25, -0.2) is 4.39 Å². The van der Waals surface area contributed by atoms with Crippen molar-refractivity contribution in [1.29, 1.82) is 0 Å². The van der Waals surface area contributed by atoms with Crippen LogP contribution in [-0.4, -0.2) is 53.4 Å². The first-order valence-corrected chi connectivity index (χ1v) is 6.44. The van der Waals surface area contributed by atoms with Gasteiger partial charge in [-0.05, 0) is 20.0 Å². The van der Waals surface area contributed by atoms with E-state index in [9.17, 15) is 23.7 Å². The molecule has 1 heterocycles. The molecular formula is C13H15F2N3O3. The molecule has 2 rings (SSSR count). The second-order valence-corrected chi connectivity index (χ2v) is 5.09. The highest BCUT2D eigenvalue weighted by molar-refractivity contribution is 5.95. The van der Waals surface area contributed by atoms with Gasteiger partial charge >= 0.3 is 5.69 Å². The van der Waals surface area contributed by atoms with Gasteiger partial charge in [-0.3, -0.25) is 14.9 Å². The molecule has 1 aliphatic heterocycles. The summed E-state index contributed by atoms with van der Waals surface area (Å²) in [6.45, 7) is 3.10. The molecule has 1 saturated heterocycles. The maximum atomic E-state index is 14.0. The van der Waals surface area contributed by atoms with Gasteiger partial charge in [0, 0.05) is 31.7 Å². The third kappa shape index (κ3) is 2.85. The van der Waals surface area contributed by atoms with E-state index in [1.807, 2.05) is 18.9 Å². The SMILES string of the molecule is CC1CN(C(=O)c2c(F)ccc([N+](=O)[O-])c2F)CCN1C. The number of halogens is 2. The van der Waals surface area contributed by atoms with Gasteiger partial charge in [-0.2, -0.15) is 4.39 Å². The van der Waals surface area contributed by atoms with Crippen LogP contribution in [0.1, 0.15) is 17.3 Å². The number of nitro groups is 1. The topological polar surface area (TPSA) is 66.7 Å². The first-order valence-electron chi connectivity index (χ1n) is 6.44. The number of nitro benzene ring substituents is 1. The van der Waals surface area contributed by atoms with Gasteiger partial charge < -0.3 is 9.80 Å². The monoisotopic (exact) mass is 299 g/mol. The molecular weight excluding hydrogens is 284 g/mol. The summed E-state index contributed by atoms with van der Waals surface area (Å²) in [5.41, 5.74) is -1.76. The van der Waals surface area contributed by atoms with E-state index in [1.165, 1.54) is 4.90 Å². The van der Waals surface area contributed by atoms with Crippen LogP contribution in [0.3, 0.4) is 0 Å². The normalized spacial score (nSPS) is 19.6. The number of piperazine rings is 1. The summed E-state index contributed by atoms with van der Waals surface area (Å²) in [4.78, 5) is 25.3. The number of amides is 1. The average molecular weight is 299 g/mol. The van der Waals surface area contributed by atoms with Crippen molar-refractivity contribution in [3.8, 4) is 0 Å². The van der Waals surface area contributed by atoms with E-state index in [0.29, 0.717) is 25.7 Å². The molecule has 0 aliphatic carbocycles. The highest BCUT2D eigenvalue weighted by atomic mass is 19.1. The summed E-state index contributed by atoms with van der Waals surface area (Å²) in [7, 11) is 1.89. The lowest BCUT2D eigenvalue weighted by Crippen LogP contribution is -2.52. The molecule has 1 fully saturated rings. The average Bonchev–Trinajstić information content (AvgIpc) is 2.41. The molecule has 1 amide bonds. The lowest BCUT2D eigenvalue weighted by atomic mass is 10.1. The van der Waals surface area contributed by atoms with Crippen LogP contribution in [-0.2, 0) is 0 Å². The third-order valence-corrected chi connectivity index (χ3v) is 3.73. The number of nitrogens with zero attached hydrogens (tertiary/aromatic N) is 3. The molecule has 1 aromatic rings. The van der Waals surface area contributed by atoms with Gasteiger partial charge in [0.1, 0.15) is 11.4 Å². The Morgan fingerprint density at radius 3 is 2.62 bits per heavy atom. The lowest BCUT2D eigenvalue weighted by Gasteiger charge is -2.37. The quantitative estimate of drug-likeness (QED) is 0.615. The Morgan fingerprint density at radius 2 is 2.05 bits per heavy atom. The molecule has 1 atom stereocenters. The number of rotatable bonds is 2. The fourth-order valence-electron chi connectivity index (χ4n) is 2.27. The van der Waals surface area contributed by atoms with Crippen molar-refractivity contribution in [1.82, 2.24) is 9.80 Å². The van der Waals surface area contributed by atoms with Gasteiger partial charge in [0.15, 0.2) is 0 Å². The lowest BCUT2D eigenvalue weighted by molar-refractivity contribution is -0.387. The Hall–Kier alpha value is -2.09. The molecule has 0 spiro atoms. The molecule has 0 bridgehead atoms. The van der Waals surface area contributed by atoms with Crippen LogP contribution in [0.25, 0.3) is 0 Å². The first kappa shape index (κ1) is 15.3. The van der Waals surface area contributed by atoms with Crippen molar-refractivity contribution in [3.05, 3.63) is 39.4 Å². The standard InChI is InChI=1S/C13H15F2N3O3/c1-8-7-17(6-5-16(8)2)13(19)11-9(14)3-4-10(12(11)15)18(20)21/h3-4,8H,5-7H2,1-2H3. The predicted molar refractivity (Wildman–Crippen MR) is 71.0 cm³/mol. The van der Waals surface area contributed by atoms with Crippen LogP contribution in [0.15, 0.2) is 12.1 Å². The van der Waals surface area contributed by atoms with Crippen LogP contribution < -0.4 is 0 Å². The third-order valence-electron chi connectivity index (χ3n) is 3.73. The van der Waals surface area contributed by atoms with Gasteiger partial charge in [0.05, 0.1) is 4.92 Å². The number of benzene rings is 1. The molecule has 0 aromatic heterocycles. The molecule has 0 saturated carbocycles. The summed E-state index contributed by atoms with van der Waals surface area (Å²) in [5.74, 6) is -3.36. The van der Waals surface area contributed by atoms with Crippen molar-refractivity contribution >= 4 is 11.6 Å². The second kappa shape index (κ2) is 5.72. The number of carbonyl (C=O) groups excluding carboxylic acids is 1. The Bertz CT molecular complexity index is 594. The fourth-order valence-corrected chi connectivity index (χ4v) is 2.27. The highest BCUT2D eigenvalue weighted by Crippen LogP contribution is 2.25. The van der Waals surface area contributed by atoms with Crippen molar-refractivity contribution in [2.24, 2.45) is 0 Å². The Morgan fingerprint density at radius 1 is 1.38 bits per heavy atom. The van der Waals surface area contributed by atoms with E-state index < -0.39 is 33.7 Å². The zero-order chi connectivity index (χ0) is 15.7. The van der Waals surface area contributed by atoms with Gasteiger partial charge in [0.25, 0.3) is 5.91 Å². The maximum Gasteiger partial charge on any atom is 0.305 e. The van der Waals surface area contributed by atoms with Crippen LogP contribution in [0, 0.1) is 21.7 Å². The number of hydrogen-bond donors (Lipinski definition) is 0. The minimum Gasteiger partial charge on any atom is -0.336 e. The van der Waals surface area contributed by atoms with Gasteiger partial charge in [-0.15, -0.1) is 0 Å². The Labute approximate surface area is 120 Å². The van der Waals surface area contributed by atoms with Crippen molar-refractivity contribution in [2.75, 3.05) is 26.7 Å². The summed E-state index contributed by atoms with van der Waals surface area (Å²) in [6.07, 6.45) is 0. The van der Waals surface area contributed by atoms with E-state index in [4.69, 9.17) is 0 Å². The van der Waals surface area contributed by atoms with Crippen LogP contribution >= 0.6 is 0 Å². The minimum absolute atomic E-state index is 0.0486. The summed E-state index contributed by atoms with van der Waals surface area (Å²) >= 11 is 0. The fraction of sp³-hybridized carbons (Fsp3) is 0.462. The molecule has 21 heavy (non-hydrogen) atoms. The molecule has 1 aliphatic rings. The number of carbonyl (C=O) groups is 1. The minimum atomic E-state index is -1.42. The zero-order valence-electron chi connectivity index (χ0n) is 11.7.